The molecule has 0 N–H and O–H groups in total. The number of ketones is 1. The minimum Gasteiger partial charge on any atom is -0.368 e. The van der Waals surface area contributed by atoms with Crippen LogP contribution in [0.15, 0.2) is 32.5 Å². The Morgan fingerprint density at radius 1 is 1.17 bits per heavy atom. The number of Topliss-reactive ketones (excluding diaryl/α,β-unsaturated/α-hetero) is 1. The van der Waals surface area contributed by atoms with Crippen molar-refractivity contribution >= 4 is 40.5 Å². The van der Waals surface area contributed by atoms with Crippen LogP contribution in [0.25, 0.3) is 0 Å². The Morgan fingerprint density at radius 2 is 1.96 bits per heavy atom. The summed E-state index contributed by atoms with van der Waals surface area (Å²) in [6.07, 6.45) is 0. The van der Waals surface area contributed by atoms with Gasteiger partial charge in [-0.15, -0.1) is 0 Å². The fourth-order valence-electron chi connectivity index (χ4n) is 3.34. The zero-order valence-corrected chi connectivity index (χ0v) is 14.1. The highest BCUT2D eigenvalue weighted by molar-refractivity contribution is 6.42. The molecular formula is C16H12Cl2N2O4. The van der Waals surface area contributed by atoms with Crippen molar-refractivity contribution in [1.82, 2.24) is 4.74 Å². The minimum atomic E-state index is -0.561. The van der Waals surface area contributed by atoms with Crippen LogP contribution in [0.3, 0.4) is 0 Å². The van der Waals surface area contributed by atoms with Gasteiger partial charge >= 0.3 is 5.63 Å². The predicted molar refractivity (Wildman–Crippen MR) is 88.7 cm³/mol. The molecule has 6 nitrogen and oxygen atoms in total. The Labute approximate surface area is 146 Å². The monoisotopic (exact) mass is 366 g/mol. The molecule has 3 heterocycles. The van der Waals surface area contributed by atoms with Crippen molar-refractivity contribution in [3.63, 3.8) is 0 Å². The zero-order chi connectivity index (χ0) is 17.0. The summed E-state index contributed by atoms with van der Waals surface area (Å²) in [6.45, 7) is 0.238. The number of aromatic nitrogens is 1. The Bertz CT molecular complexity index is 944. The topological polar surface area (TPSA) is 73.8 Å². The van der Waals surface area contributed by atoms with Crippen molar-refractivity contribution in [3.8, 4) is 0 Å². The lowest BCUT2D eigenvalue weighted by Crippen LogP contribution is -2.43. The number of carbonyl (C=O) groups excluding carboxylic acids is 1. The number of halogens is 2. The molecule has 0 bridgehead atoms. The molecule has 2 aliphatic rings. The predicted octanol–water partition coefficient (Wildman–Crippen LogP) is 2.72. The summed E-state index contributed by atoms with van der Waals surface area (Å²) < 4.78 is 11.8. The van der Waals surface area contributed by atoms with Crippen LogP contribution >= 0.6 is 23.2 Å². The molecule has 0 spiro atoms. The molecule has 24 heavy (non-hydrogen) atoms. The average Bonchev–Trinajstić information content (AvgIpc) is 2.83. The van der Waals surface area contributed by atoms with Gasteiger partial charge in [0.25, 0.3) is 0 Å². The first kappa shape index (κ1) is 15.6. The number of hydrogen-bond acceptors (Lipinski definition) is 5. The number of nitrogens with zero attached hydrogens (tertiary/aromatic N) is 2. The van der Waals surface area contributed by atoms with E-state index in [1.165, 1.54) is 4.74 Å². The van der Waals surface area contributed by atoms with Crippen LogP contribution in [0.5, 0.6) is 0 Å². The molecule has 124 valence electrons. The van der Waals surface area contributed by atoms with Gasteiger partial charge in [-0.1, -0.05) is 29.3 Å². The molecule has 2 unspecified atom stereocenters. The summed E-state index contributed by atoms with van der Waals surface area (Å²) in [5, 5.41) is 0.767. The number of fused-ring (bicyclic) bond motifs is 2. The molecule has 2 aromatic rings. The van der Waals surface area contributed by atoms with Gasteiger partial charge in [0.15, 0.2) is 11.6 Å². The van der Waals surface area contributed by atoms with E-state index < -0.39 is 17.5 Å². The number of aryl methyl sites for hydroxylation is 1. The zero-order valence-electron chi connectivity index (χ0n) is 12.6. The molecule has 1 saturated heterocycles. The van der Waals surface area contributed by atoms with Crippen LogP contribution in [0, 0.1) is 5.92 Å². The van der Waals surface area contributed by atoms with Crippen LogP contribution in [0.1, 0.15) is 17.0 Å². The second kappa shape index (κ2) is 5.58. The van der Waals surface area contributed by atoms with Gasteiger partial charge in [0.1, 0.15) is 6.61 Å². The molecule has 0 amide bonds. The second-order valence-corrected chi connectivity index (χ2v) is 6.62. The van der Waals surface area contributed by atoms with Crippen molar-refractivity contribution in [2.24, 2.45) is 18.0 Å². The van der Waals surface area contributed by atoms with Crippen LogP contribution in [0.4, 0.5) is 5.82 Å². The first-order chi connectivity index (χ1) is 11.5. The summed E-state index contributed by atoms with van der Waals surface area (Å²) in [7, 11) is 1.60. The first-order valence-electron chi connectivity index (χ1n) is 7.30. The molecule has 0 saturated carbocycles. The van der Waals surface area contributed by atoms with Gasteiger partial charge in [0.05, 0.1) is 33.8 Å². The third kappa shape index (κ3) is 2.25. The molecule has 1 aromatic heterocycles. The molecule has 0 radical (unpaired) electrons. The Balaban J connectivity index is 1.98. The molecule has 1 aromatic carbocycles. The highest BCUT2D eigenvalue weighted by Gasteiger charge is 2.44. The highest BCUT2D eigenvalue weighted by atomic mass is 35.5. The summed E-state index contributed by atoms with van der Waals surface area (Å²) in [6, 6.07) is 5.09. The standard InChI is InChI=1S/C16H12Cl2N2O4/c1-20-15-14(16(22)24-20)12(7-2-3-8(17)9(18)4-7)13-10(19-15)5-23-6-11(13)21/h2-4,12-13H,5-6H2,1H3. The maximum absolute atomic E-state index is 12.5. The van der Waals surface area contributed by atoms with Gasteiger partial charge in [-0.05, 0) is 17.7 Å². The smallest absolute Gasteiger partial charge is 0.363 e. The van der Waals surface area contributed by atoms with Gasteiger partial charge in [-0.3, -0.25) is 4.79 Å². The lowest BCUT2D eigenvalue weighted by molar-refractivity contribution is -0.127. The number of hydrogen-bond donors (Lipinski definition) is 0. The van der Waals surface area contributed by atoms with Gasteiger partial charge in [-0.25, -0.2) is 9.79 Å². The minimum absolute atomic E-state index is 0.00495. The van der Waals surface area contributed by atoms with Gasteiger partial charge in [0, 0.05) is 13.0 Å². The van der Waals surface area contributed by atoms with Crippen LogP contribution < -0.4 is 5.63 Å². The molecule has 4 rings (SSSR count). The lowest BCUT2D eigenvalue weighted by Gasteiger charge is -2.33. The number of aliphatic imine (C=N–C) groups is 1. The second-order valence-electron chi connectivity index (χ2n) is 5.80. The Morgan fingerprint density at radius 3 is 2.71 bits per heavy atom. The highest BCUT2D eigenvalue weighted by Crippen LogP contribution is 2.43. The van der Waals surface area contributed by atoms with E-state index in [2.05, 4.69) is 4.99 Å². The van der Waals surface area contributed by atoms with E-state index in [4.69, 9.17) is 32.5 Å². The molecule has 8 heteroatoms. The van der Waals surface area contributed by atoms with Crippen LogP contribution in [-0.2, 0) is 16.6 Å². The summed E-state index contributed by atoms with van der Waals surface area (Å²) >= 11 is 12.1. The van der Waals surface area contributed by atoms with Gasteiger partial charge in [0.2, 0.25) is 0 Å². The van der Waals surface area contributed by atoms with E-state index in [9.17, 15) is 9.59 Å². The van der Waals surface area contributed by atoms with E-state index in [-0.39, 0.29) is 19.0 Å². The molecule has 1 fully saturated rings. The lowest BCUT2D eigenvalue weighted by atomic mass is 9.74. The van der Waals surface area contributed by atoms with Crippen LogP contribution in [-0.4, -0.2) is 29.4 Å². The van der Waals surface area contributed by atoms with E-state index in [1.807, 2.05) is 0 Å². The molecule has 2 aliphatic heterocycles. The quantitative estimate of drug-likeness (QED) is 0.777. The number of benzene rings is 1. The van der Waals surface area contributed by atoms with Crippen molar-refractivity contribution in [1.29, 1.82) is 0 Å². The summed E-state index contributed by atoms with van der Waals surface area (Å²) in [5.74, 6) is -0.796. The van der Waals surface area contributed by atoms with Crippen LogP contribution in [0.2, 0.25) is 10.0 Å². The van der Waals surface area contributed by atoms with Crippen molar-refractivity contribution in [2.75, 3.05) is 13.2 Å². The summed E-state index contributed by atoms with van der Waals surface area (Å²) in [5.41, 5.74) is 1.16. The van der Waals surface area contributed by atoms with Gasteiger partial charge in [-0.2, -0.15) is 4.74 Å². The van der Waals surface area contributed by atoms with E-state index >= 15 is 0 Å². The number of ether oxygens (including phenoxy) is 1. The third-order valence-electron chi connectivity index (χ3n) is 4.38. The first-order valence-corrected chi connectivity index (χ1v) is 8.06. The van der Waals surface area contributed by atoms with E-state index in [1.54, 1.807) is 25.2 Å². The molecule has 0 aliphatic carbocycles. The molecular weight excluding hydrogens is 355 g/mol. The number of carbonyl (C=O) groups is 1. The van der Waals surface area contributed by atoms with Crippen molar-refractivity contribution in [3.05, 3.63) is 49.8 Å². The maximum atomic E-state index is 12.5. The van der Waals surface area contributed by atoms with E-state index in [0.29, 0.717) is 27.1 Å². The van der Waals surface area contributed by atoms with Crippen molar-refractivity contribution in [2.45, 2.75) is 5.92 Å². The summed E-state index contributed by atoms with van der Waals surface area (Å²) in [4.78, 5) is 29.3. The number of rotatable bonds is 1. The van der Waals surface area contributed by atoms with Gasteiger partial charge < -0.3 is 9.26 Å². The largest absolute Gasteiger partial charge is 0.368 e. The Kier molecular flexibility index (Phi) is 3.63. The normalized spacial score (nSPS) is 22.8. The fraction of sp³-hybridized carbons (Fsp3) is 0.312. The Hall–Kier alpha value is -1.89. The van der Waals surface area contributed by atoms with E-state index in [0.717, 1.165) is 5.56 Å². The average molecular weight is 367 g/mol. The van der Waals surface area contributed by atoms with Crippen molar-refractivity contribution < 1.29 is 14.1 Å². The molecule has 2 atom stereocenters. The SMILES string of the molecule is Cn1oc(=O)c2c1N=C1COCC(=O)C1C2c1ccc(Cl)c(Cl)c1. The maximum Gasteiger partial charge on any atom is 0.363 e. The third-order valence-corrected chi connectivity index (χ3v) is 5.11. The fourth-order valence-corrected chi connectivity index (χ4v) is 3.65.